The second-order valence-corrected chi connectivity index (χ2v) is 2.44. The third-order valence-electron chi connectivity index (χ3n) is 2.00. The van der Waals surface area contributed by atoms with E-state index in [4.69, 9.17) is 0 Å². The van der Waals surface area contributed by atoms with Crippen LogP contribution in [0.2, 0.25) is 0 Å². The van der Waals surface area contributed by atoms with Crippen molar-refractivity contribution in [2.75, 3.05) is 13.1 Å². The molecule has 0 aliphatic carbocycles. The zero-order valence-electron chi connectivity index (χ0n) is 4.53. The molecule has 2 N–H and O–H groups in total. The highest BCUT2D eigenvalue weighted by Gasteiger charge is 2.50. The molecule has 1 atom stereocenters. The number of β-lactam (4-membered cyclic amide) rings is 1. The Bertz CT molecular complexity index is 134. The number of hydrogen-bond acceptors (Lipinski definition) is 2. The first-order valence-electron chi connectivity index (χ1n) is 2.87. The minimum Gasteiger partial charge on any atom is -0.352 e. The highest BCUT2D eigenvalue weighted by molar-refractivity contribution is 5.93. The van der Waals surface area contributed by atoms with Gasteiger partial charge in [0.2, 0.25) is 5.91 Å². The Morgan fingerprint density at radius 1 is 1.62 bits per heavy atom. The summed E-state index contributed by atoms with van der Waals surface area (Å²) in [5, 5.41) is 5.80. The summed E-state index contributed by atoms with van der Waals surface area (Å²) in [6, 6.07) is 0. The number of rotatable bonds is 0. The predicted molar refractivity (Wildman–Crippen MR) is 28.4 cm³/mol. The molecule has 2 rings (SSSR count). The van der Waals surface area contributed by atoms with Crippen molar-refractivity contribution < 1.29 is 4.79 Å². The zero-order chi connectivity index (χ0) is 5.61. The molecule has 2 fully saturated rings. The third-order valence-corrected chi connectivity index (χ3v) is 2.00. The smallest absolute Gasteiger partial charge is 0.242 e. The first-order chi connectivity index (χ1) is 3.83. The molecule has 0 radical (unpaired) electrons. The predicted octanol–water partition coefficient (Wildman–Crippen LogP) is -1.15. The Balaban J connectivity index is 2.14. The van der Waals surface area contributed by atoms with Crippen LogP contribution in [-0.2, 0) is 4.79 Å². The first kappa shape index (κ1) is 4.32. The molecule has 3 heteroatoms. The Hall–Kier alpha value is -0.570. The second-order valence-electron chi connectivity index (χ2n) is 2.44. The third kappa shape index (κ3) is 0.282. The van der Waals surface area contributed by atoms with Gasteiger partial charge in [-0.3, -0.25) is 4.79 Å². The van der Waals surface area contributed by atoms with Crippen molar-refractivity contribution in [2.24, 2.45) is 0 Å². The van der Waals surface area contributed by atoms with Gasteiger partial charge in [-0.2, -0.15) is 0 Å². The van der Waals surface area contributed by atoms with Crippen LogP contribution in [-0.4, -0.2) is 24.5 Å². The molecule has 2 aliphatic rings. The van der Waals surface area contributed by atoms with Crippen molar-refractivity contribution in [3.8, 4) is 0 Å². The summed E-state index contributed by atoms with van der Waals surface area (Å²) >= 11 is 0. The van der Waals surface area contributed by atoms with Crippen molar-refractivity contribution in [3.63, 3.8) is 0 Å². The quantitative estimate of drug-likeness (QED) is 0.388. The average Bonchev–Trinajstić information content (AvgIpc) is 1.58. The molecule has 0 aromatic rings. The molecule has 8 heavy (non-hydrogen) atoms. The van der Waals surface area contributed by atoms with Crippen LogP contribution in [0.4, 0.5) is 0 Å². The van der Waals surface area contributed by atoms with Crippen LogP contribution in [0.3, 0.4) is 0 Å². The summed E-state index contributed by atoms with van der Waals surface area (Å²) in [5.41, 5.74) is -0.0972. The second kappa shape index (κ2) is 1.05. The highest BCUT2D eigenvalue weighted by atomic mass is 16.2. The van der Waals surface area contributed by atoms with Gasteiger partial charge in [-0.25, -0.2) is 0 Å². The molecule has 0 aromatic heterocycles. The lowest BCUT2D eigenvalue weighted by Crippen LogP contribution is -2.78. The van der Waals surface area contributed by atoms with E-state index in [0.29, 0.717) is 0 Å². The Kier molecular flexibility index (Phi) is 0.568. The lowest BCUT2D eigenvalue weighted by Gasteiger charge is -2.48. The summed E-state index contributed by atoms with van der Waals surface area (Å²) in [7, 11) is 0. The molecular weight excluding hydrogens is 104 g/mol. The molecule has 2 heterocycles. The normalized spacial score (nSPS) is 42.8. The summed E-state index contributed by atoms with van der Waals surface area (Å²) < 4.78 is 0. The molecule has 44 valence electrons. The van der Waals surface area contributed by atoms with E-state index in [0.717, 1.165) is 19.5 Å². The Morgan fingerprint density at radius 3 is 2.38 bits per heavy atom. The molecule has 0 saturated carbocycles. The molecule has 2 aliphatic heterocycles. The molecule has 2 saturated heterocycles. The number of carbonyl (C=O) groups excluding carboxylic acids is 1. The van der Waals surface area contributed by atoms with Gasteiger partial charge in [0, 0.05) is 6.54 Å². The van der Waals surface area contributed by atoms with E-state index >= 15 is 0 Å². The van der Waals surface area contributed by atoms with Gasteiger partial charge in [0.05, 0.1) is 0 Å². The molecular formula is C5H8N2O. The minimum atomic E-state index is -0.0972. The maximum atomic E-state index is 10.7. The van der Waals surface area contributed by atoms with Gasteiger partial charge in [0.25, 0.3) is 0 Å². The fraction of sp³-hybridized carbons (Fsp3) is 0.800. The van der Waals surface area contributed by atoms with Gasteiger partial charge in [0.15, 0.2) is 0 Å². The van der Waals surface area contributed by atoms with Crippen LogP contribution in [0.15, 0.2) is 0 Å². The Morgan fingerprint density at radius 2 is 2.38 bits per heavy atom. The SMILES string of the molecule is O=C1NC[C@@]12CCN2. The summed E-state index contributed by atoms with van der Waals surface area (Å²) in [5.74, 6) is 0.184. The van der Waals surface area contributed by atoms with Crippen molar-refractivity contribution in [2.45, 2.75) is 12.0 Å². The number of nitrogens with one attached hydrogen (secondary N) is 2. The van der Waals surface area contributed by atoms with Crippen LogP contribution >= 0.6 is 0 Å². The summed E-state index contributed by atoms with van der Waals surface area (Å²) in [4.78, 5) is 10.7. The molecule has 0 aromatic carbocycles. The average molecular weight is 112 g/mol. The highest BCUT2D eigenvalue weighted by Crippen LogP contribution is 2.23. The van der Waals surface area contributed by atoms with Crippen LogP contribution in [0.5, 0.6) is 0 Å². The molecule has 3 nitrogen and oxygen atoms in total. The fourth-order valence-electron chi connectivity index (χ4n) is 1.15. The maximum absolute atomic E-state index is 10.7. The lowest BCUT2D eigenvalue weighted by molar-refractivity contribution is -0.139. The molecule has 1 spiro atoms. The Labute approximate surface area is 47.4 Å². The lowest BCUT2D eigenvalue weighted by atomic mass is 9.81. The minimum absolute atomic E-state index is 0.0972. The fourth-order valence-corrected chi connectivity index (χ4v) is 1.15. The van der Waals surface area contributed by atoms with E-state index in [1.165, 1.54) is 0 Å². The standard InChI is InChI=1S/C5H8N2O/c8-4-5(3-6-4)1-2-7-5/h7H,1-3H2,(H,6,8)/t5-/m0/s1. The van der Waals surface area contributed by atoms with Crippen LogP contribution < -0.4 is 10.6 Å². The molecule has 1 amide bonds. The topological polar surface area (TPSA) is 41.1 Å². The number of carbonyl (C=O) groups is 1. The van der Waals surface area contributed by atoms with Gasteiger partial charge in [-0.05, 0) is 13.0 Å². The van der Waals surface area contributed by atoms with Gasteiger partial charge >= 0.3 is 0 Å². The van der Waals surface area contributed by atoms with Gasteiger partial charge in [-0.1, -0.05) is 0 Å². The monoisotopic (exact) mass is 112 g/mol. The van der Waals surface area contributed by atoms with Crippen molar-refractivity contribution >= 4 is 5.91 Å². The van der Waals surface area contributed by atoms with E-state index < -0.39 is 0 Å². The van der Waals surface area contributed by atoms with Gasteiger partial charge < -0.3 is 10.6 Å². The van der Waals surface area contributed by atoms with Crippen molar-refractivity contribution in [3.05, 3.63) is 0 Å². The van der Waals surface area contributed by atoms with Gasteiger partial charge in [-0.15, -0.1) is 0 Å². The van der Waals surface area contributed by atoms with Crippen molar-refractivity contribution in [1.29, 1.82) is 0 Å². The van der Waals surface area contributed by atoms with E-state index in [2.05, 4.69) is 10.6 Å². The molecule has 0 unspecified atom stereocenters. The number of hydrogen-bond donors (Lipinski definition) is 2. The van der Waals surface area contributed by atoms with Crippen molar-refractivity contribution in [1.82, 2.24) is 10.6 Å². The number of amides is 1. The maximum Gasteiger partial charge on any atom is 0.242 e. The van der Waals surface area contributed by atoms with E-state index in [1.807, 2.05) is 0 Å². The largest absolute Gasteiger partial charge is 0.352 e. The molecule has 0 bridgehead atoms. The van der Waals surface area contributed by atoms with E-state index in [-0.39, 0.29) is 11.4 Å². The van der Waals surface area contributed by atoms with Crippen LogP contribution in [0, 0.1) is 0 Å². The van der Waals surface area contributed by atoms with Crippen LogP contribution in [0.25, 0.3) is 0 Å². The summed E-state index contributed by atoms with van der Waals surface area (Å²) in [6.45, 7) is 1.85. The van der Waals surface area contributed by atoms with Gasteiger partial charge in [0.1, 0.15) is 5.54 Å². The van der Waals surface area contributed by atoms with E-state index in [9.17, 15) is 4.79 Å². The van der Waals surface area contributed by atoms with Crippen LogP contribution in [0.1, 0.15) is 6.42 Å². The first-order valence-corrected chi connectivity index (χ1v) is 2.87. The zero-order valence-corrected chi connectivity index (χ0v) is 4.53. The van der Waals surface area contributed by atoms with E-state index in [1.54, 1.807) is 0 Å². The summed E-state index contributed by atoms with van der Waals surface area (Å²) in [6.07, 6.45) is 1.03.